The van der Waals surface area contributed by atoms with Crippen LogP contribution in [0.2, 0.25) is 5.02 Å². The van der Waals surface area contributed by atoms with E-state index in [1.54, 1.807) is 0 Å². The van der Waals surface area contributed by atoms with Gasteiger partial charge in [-0.1, -0.05) is 17.7 Å². The SMILES string of the molecule is O=Cc1ccc(OC(F)(F)F)c(-c2ccc(Cl)c(F)c2)c1. The fourth-order valence-electron chi connectivity index (χ4n) is 1.72. The highest BCUT2D eigenvalue weighted by atomic mass is 35.5. The van der Waals surface area contributed by atoms with Crippen molar-refractivity contribution < 1.29 is 27.1 Å². The summed E-state index contributed by atoms with van der Waals surface area (Å²) in [4.78, 5) is 10.7. The molecule has 0 saturated carbocycles. The molecule has 0 bridgehead atoms. The van der Waals surface area contributed by atoms with Crippen molar-refractivity contribution >= 4 is 17.9 Å². The van der Waals surface area contributed by atoms with Gasteiger partial charge in [-0.05, 0) is 35.9 Å². The molecule has 0 spiro atoms. The summed E-state index contributed by atoms with van der Waals surface area (Å²) in [6.45, 7) is 0. The second-order valence-electron chi connectivity index (χ2n) is 4.05. The maximum atomic E-state index is 13.5. The van der Waals surface area contributed by atoms with E-state index in [2.05, 4.69) is 4.74 Å². The van der Waals surface area contributed by atoms with Crippen LogP contribution in [0.15, 0.2) is 36.4 Å². The van der Waals surface area contributed by atoms with Gasteiger partial charge in [0.05, 0.1) is 5.02 Å². The molecule has 0 N–H and O–H groups in total. The topological polar surface area (TPSA) is 26.3 Å². The van der Waals surface area contributed by atoms with Crippen molar-refractivity contribution in [3.63, 3.8) is 0 Å². The Morgan fingerprint density at radius 2 is 1.81 bits per heavy atom. The number of carbonyl (C=O) groups is 1. The van der Waals surface area contributed by atoms with E-state index in [0.29, 0.717) is 6.29 Å². The molecule has 2 rings (SSSR count). The minimum atomic E-state index is -4.90. The summed E-state index contributed by atoms with van der Waals surface area (Å²) in [5.41, 5.74) is 0.183. The second kappa shape index (κ2) is 5.73. The Balaban J connectivity index is 2.57. The molecule has 110 valence electrons. The van der Waals surface area contributed by atoms with Gasteiger partial charge < -0.3 is 4.74 Å². The van der Waals surface area contributed by atoms with E-state index in [1.807, 2.05) is 0 Å². The molecule has 0 saturated heterocycles. The Morgan fingerprint density at radius 3 is 2.38 bits per heavy atom. The van der Waals surface area contributed by atoms with Crippen LogP contribution in [0.25, 0.3) is 11.1 Å². The number of carbonyl (C=O) groups excluding carboxylic acids is 1. The third kappa shape index (κ3) is 3.72. The zero-order valence-corrected chi connectivity index (χ0v) is 11.0. The van der Waals surface area contributed by atoms with Gasteiger partial charge in [-0.15, -0.1) is 13.2 Å². The van der Waals surface area contributed by atoms with Crippen molar-refractivity contribution in [1.29, 1.82) is 0 Å². The van der Waals surface area contributed by atoms with Gasteiger partial charge >= 0.3 is 6.36 Å². The van der Waals surface area contributed by atoms with E-state index in [9.17, 15) is 22.4 Å². The molecule has 0 aliphatic heterocycles. The van der Waals surface area contributed by atoms with Crippen LogP contribution in [0.3, 0.4) is 0 Å². The van der Waals surface area contributed by atoms with E-state index in [4.69, 9.17) is 11.6 Å². The summed E-state index contributed by atoms with van der Waals surface area (Å²) in [5, 5.41) is -0.163. The van der Waals surface area contributed by atoms with E-state index < -0.39 is 17.9 Å². The van der Waals surface area contributed by atoms with Crippen molar-refractivity contribution in [2.45, 2.75) is 6.36 Å². The van der Waals surface area contributed by atoms with E-state index in [-0.39, 0.29) is 21.7 Å². The summed E-state index contributed by atoms with van der Waals surface area (Å²) in [6, 6.07) is 6.85. The standard InChI is InChI=1S/C14H7ClF4O2/c15-11-3-2-9(6-12(11)16)10-5-8(7-20)1-4-13(10)21-14(17,18)19/h1-7H. The third-order valence-electron chi connectivity index (χ3n) is 2.60. The first kappa shape index (κ1) is 15.3. The number of ether oxygens (including phenoxy) is 1. The number of alkyl halides is 3. The lowest BCUT2D eigenvalue weighted by Crippen LogP contribution is -2.17. The van der Waals surface area contributed by atoms with Crippen molar-refractivity contribution in [1.82, 2.24) is 0 Å². The predicted octanol–water partition coefficient (Wildman–Crippen LogP) is 4.86. The monoisotopic (exact) mass is 318 g/mol. The number of hydrogen-bond donors (Lipinski definition) is 0. The quantitative estimate of drug-likeness (QED) is 0.597. The summed E-state index contributed by atoms with van der Waals surface area (Å²) in [5.74, 6) is -1.32. The van der Waals surface area contributed by atoms with Gasteiger partial charge in [-0.25, -0.2) is 4.39 Å². The molecule has 0 unspecified atom stereocenters. The van der Waals surface area contributed by atoms with Crippen molar-refractivity contribution in [2.24, 2.45) is 0 Å². The normalized spacial score (nSPS) is 11.3. The molecular weight excluding hydrogens is 312 g/mol. The maximum absolute atomic E-state index is 13.5. The van der Waals surface area contributed by atoms with Crippen LogP contribution in [0.4, 0.5) is 17.6 Å². The van der Waals surface area contributed by atoms with Gasteiger partial charge in [-0.2, -0.15) is 0 Å². The molecule has 21 heavy (non-hydrogen) atoms. The molecule has 0 heterocycles. The minimum Gasteiger partial charge on any atom is -0.405 e. The average molecular weight is 319 g/mol. The molecule has 2 aromatic carbocycles. The third-order valence-corrected chi connectivity index (χ3v) is 2.90. The molecule has 2 nitrogen and oxygen atoms in total. The fourth-order valence-corrected chi connectivity index (χ4v) is 1.84. The maximum Gasteiger partial charge on any atom is 0.573 e. The Hall–Kier alpha value is -2.08. The molecule has 0 atom stereocenters. The summed E-state index contributed by atoms with van der Waals surface area (Å²) in [6.07, 6.45) is -4.43. The lowest BCUT2D eigenvalue weighted by Gasteiger charge is -2.14. The zero-order valence-electron chi connectivity index (χ0n) is 10.2. The van der Waals surface area contributed by atoms with E-state index in [0.717, 1.165) is 12.1 Å². The van der Waals surface area contributed by atoms with Crippen LogP contribution in [-0.4, -0.2) is 12.6 Å². The zero-order chi connectivity index (χ0) is 15.6. The molecule has 0 radical (unpaired) electrons. The van der Waals surface area contributed by atoms with E-state index >= 15 is 0 Å². The van der Waals surface area contributed by atoms with Crippen LogP contribution in [0, 0.1) is 5.82 Å². The van der Waals surface area contributed by atoms with Crippen LogP contribution in [0.1, 0.15) is 10.4 Å². The average Bonchev–Trinajstić information content (AvgIpc) is 2.41. The summed E-state index contributed by atoms with van der Waals surface area (Å²) >= 11 is 5.53. The van der Waals surface area contributed by atoms with Gasteiger partial charge in [0.15, 0.2) is 0 Å². The van der Waals surface area contributed by atoms with Crippen LogP contribution < -0.4 is 4.74 Å². The molecule has 0 aromatic heterocycles. The molecule has 2 aromatic rings. The molecule has 0 aliphatic carbocycles. The largest absolute Gasteiger partial charge is 0.573 e. The Kier molecular flexibility index (Phi) is 4.18. The lowest BCUT2D eigenvalue weighted by atomic mass is 10.0. The molecule has 0 aliphatic rings. The van der Waals surface area contributed by atoms with Crippen molar-refractivity contribution in [3.05, 3.63) is 52.8 Å². The van der Waals surface area contributed by atoms with Crippen LogP contribution >= 0.6 is 11.6 Å². The van der Waals surface area contributed by atoms with Gasteiger partial charge in [0, 0.05) is 11.1 Å². The van der Waals surface area contributed by atoms with Gasteiger partial charge in [0.1, 0.15) is 17.9 Å². The van der Waals surface area contributed by atoms with Gasteiger partial charge in [0.25, 0.3) is 0 Å². The number of rotatable bonds is 3. The summed E-state index contributed by atoms with van der Waals surface area (Å²) < 4.78 is 54.5. The predicted molar refractivity (Wildman–Crippen MR) is 68.9 cm³/mol. The number of benzene rings is 2. The fraction of sp³-hybridized carbons (Fsp3) is 0.0714. The summed E-state index contributed by atoms with van der Waals surface area (Å²) in [7, 11) is 0. The lowest BCUT2D eigenvalue weighted by molar-refractivity contribution is -0.274. The molecule has 7 heteroatoms. The number of aldehydes is 1. The highest BCUT2D eigenvalue weighted by Gasteiger charge is 2.32. The highest BCUT2D eigenvalue weighted by molar-refractivity contribution is 6.30. The Bertz CT molecular complexity index is 683. The molecule has 0 amide bonds. The van der Waals surface area contributed by atoms with Gasteiger partial charge in [-0.3, -0.25) is 4.79 Å². The Morgan fingerprint density at radius 1 is 1.10 bits per heavy atom. The van der Waals surface area contributed by atoms with Crippen LogP contribution in [-0.2, 0) is 0 Å². The first-order valence-electron chi connectivity index (χ1n) is 5.60. The van der Waals surface area contributed by atoms with Gasteiger partial charge in [0.2, 0.25) is 0 Å². The molecule has 0 fully saturated rings. The first-order valence-corrected chi connectivity index (χ1v) is 5.98. The highest BCUT2D eigenvalue weighted by Crippen LogP contribution is 2.35. The smallest absolute Gasteiger partial charge is 0.405 e. The van der Waals surface area contributed by atoms with E-state index in [1.165, 1.54) is 24.3 Å². The van der Waals surface area contributed by atoms with Crippen LogP contribution in [0.5, 0.6) is 5.75 Å². The Labute approximate surface area is 121 Å². The van der Waals surface area contributed by atoms with Crippen molar-refractivity contribution in [3.8, 4) is 16.9 Å². The minimum absolute atomic E-state index is 0.0625. The van der Waals surface area contributed by atoms with Crippen molar-refractivity contribution in [2.75, 3.05) is 0 Å². The molecular formula is C14H7ClF4O2. The number of halogens is 5. The first-order chi connectivity index (χ1) is 9.80. The second-order valence-corrected chi connectivity index (χ2v) is 4.46. The number of hydrogen-bond acceptors (Lipinski definition) is 2.